The van der Waals surface area contributed by atoms with E-state index in [1.807, 2.05) is 0 Å². The monoisotopic (exact) mass is 250 g/mol. The number of rotatable bonds is 2. The maximum Gasteiger partial charge on any atom is 0.221 e. The van der Waals surface area contributed by atoms with Crippen molar-refractivity contribution in [1.29, 1.82) is 0 Å². The standard InChI is InChI=1S/C10H10N4O2S/c1-17(15,16)9-6-8(13-10(11)14-9)7-2-4-12-5-3-7/h2-6H,1H3,(H2,11,13,14). The molecule has 7 heteroatoms. The largest absolute Gasteiger partial charge is 0.368 e. The molecule has 0 aliphatic rings. The highest BCUT2D eigenvalue weighted by Gasteiger charge is 2.12. The van der Waals surface area contributed by atoms with Gasteiger partial charge in [-0.05, 0) is 12.1 Å². The Labute approximate surface area is 98.5 Å². The fourth-order valence-corrected chi connectivity index (χ4v) is 1.89. The molecule has 0 aliphatic heterocycles. The first-order valence-electron chi connectivity index (χ1n) is 4.72. The third-order valence-electron chi connectivity index (χ3n) is 2.08. The lowest BCUT2D eigenvalue weighted by Crippen LogP contribution is -2.05. The van der Waals surface area contributed by atoms with Crippen LogP contribution in [0.2, 0.25) is 0 Å². The van der Waals surface area contributed by atoms with Crippen LogP contribution in [0, 0.1) is 0 Å². The van der Waals surface area contributed by atoms with Crippen LogP contribution in [0.5, 0.6) is 0 Å². The van der Waals surface area contributed by atoms with E-state index >= 15 is 0 Å². The number of sulfone groups is 1. The molecule has 0 spiro atoms. The van der Waals surface area contributed by atoms with E-state index in [1.165, 1.54) is 6.07 Å². The minimum absolute atomic E-state index is 0.0697. The lowest BCUT2D eigenvalue weighted by Gasteiger charge is -2.04. The summed E-state index contributed by atoms with van der Waals surface area (Å²) >= 11 is 0. The molecule has 0 amide bonds. The van der Waals surface area contributed by atoms with E-state index in [0.717, 1.165) is 11.8 Å². The van der Waals surface area contributed by atoms with Crippen LogP contribution >= 0.6 is 0 Å². The zero-order chi connectivity index (χ0) is 12.5. The Morgan fingerprint density at radius 2 is 1.82 bits per heavy atom. The van der Waals surface area contributed by atoms with Crippen molar-refractivity contribution in [3.63, 3.8) is 0 Å². The number of nitrogens with zero attached hydrogens (tertiary/aromatic N) is 3. The molecule has 0 radical (unpaired) electrons. The van der Waals surface area contributed by atoms with Crippen molar-refractivity contribution in [2.45, 2.75) is 5.03 Å². The Balaban J connectivity index is 2.61. The van der Waals surface area contributed by atoms with Gasteiger partial charge in [0.25, 0.3) is 0 Å². The van der Waals surface area contributed by atoms with Crippen LogP contribution in [-0.4, -0.2) is 29.6 Å². The van der Waals surface area contributed by atoms with Crippen molar-refractivity contribution in [2.24, 2.45) is 0 Å². The third-order valence-corrected chi connectivity index (χ3v) is 3.04. The second kappa shape index (κ2) is 4.10. The summed E-state index contributed by atoms with van der Waals surface area (Å²) in [5.74, 6) is -0.0697. The lowest BCUT2D eigenvalue weighted by atomic mass is 10.2. The molecule has 0 atom stereocenters. The van der Waals surface area contributed by atoms with Crippen molar-refractivity contribution in [1.82, 2.24) is 15.0 Å². The van der Waals surface area contributed by atoms with E-state index in [0.29, 0.717) is 5.69 Å². The molecule has 2 N–H and O–H groups in total. The van der Waals surface area contributed by atoms with Crippen molar-refractivity contribution in [2.75, 3.05) is 12.0 Å². The third kappa shape index (κ3) is 2.56. The molecular weight excluding hydrogens is 240 g/mol. The molecule has 2 rings (SSSR count). The Hall–Kier alpha value is -2.02. The van der Waals surface area contributed by atoms with E-state index in [-0.39, 0.29) is 11.0 Å². The van der Waals surface area contributed by atoms with Crippen LogP contribution in [0.1, 0.15) is 0 Å². The van der Waals surface area contributed by atoms with Crippen LogP contribution in [0.15, 0.2) is 35.6 Å². The quantitative estimate of drug-likeness (QED) is 0.780. The normalized spacial score (nSPS) is 11.4. The Bertz CT molecular complexity index is 641. The second-order valence-corrected chi connectivity index (χ2v) is 5.42. The number of nitrogens with two attached hydrogens (primary N) is 1. The predicted octanol–water partition coefficient (Wildman–Crippen LogP) is 0.524. The number of nitrogen functional groups attached to an aromatic ring is 1. The molecule has 17 heavy (non-hydrogen) atoms. The average molecular weight is 250 g/mol. The van der Waals surface area contributed by atoms with Crippen molar-refractivity contribution in [3.8, 4) is 11.3 Å². The van der Waals surface area contributed by atoms with Gasteiger partial charge >= 0.3 is 0 Å². The van der Waals surface area contributed by atoms with E-state index in [4.69, 9.17) is 5.73 Å². The highest BCUT2D eigenvalue weighted by molar-refractivity contribution is 7.90. The van der Waals surface area contributed by atoms with Gasteiger partial charge < -0.3 is 5.73 Å². The first kappa shape index (κ1) is 11.5. The molecule has 6 nitrogen and oxygen atoms in total. The van der Waals surface area contributed by atoms with Gasteiger partial charge in [0.1, 0.15) is 0 Å². The molecular formula is C10H10N4O2S. The summed E-state index contributed by atoms with van der Waals surface area (Å²) in [7, 11) is -3.40. The summed E-state index contributed by atoms with van der Waals surface area (Å²) < 4.78 is 22.8. The number of hydrogen-bond donors (Lipinski definition) is 1. The summed E-state index contributed by atoms with van der Waals surface area (Å²) in [6.07, 6.45) is 4.26. The molecule has 2 aromatic heterocycles. The Kier molecular flexibility index (Phi) is 2.76. The Morgan fingerprint density at radius 1 is 1.18 bits per heavy atom. The molecule has 0 fully saturated rings. The van der Waals surface area contributed by atoms with Gasteiger partial charge in [0.05, 0.1) is 5.69 Å². The maximum absolute atomic E-state index is 11.4. The number of pyridine rings is 1. The van der Waals surface area contributed by atoms with E-state index in [9.17, 15) is 8.42 Å². The lowest BCUT2D eigenvalue weighted by molar-refractivity contribution is 0.598. The number of aromatic nitrogens is 3. The molecule has 0 aliphatic carbocycles. The molecule has 2 heterocycles. The van der Waals surface area contributed by atoms with Gasteiger partial charge in [0, 0.05) is 30.3 Å². The van der Waals surface area contributed by atoms with Gasteiger partial charge in [-0.2, -0.15) is 0 Å². The summed E-state index contributed by atoms with van der Waals surface area (Å²) in [5, 5.41) is -0.0863. The summed E-state index contributed by atoms with van der Waals surface area (Å²) in [6.45, 7) is 0. The molecule has 0 bridgehead atoms. The van der Waals surface area contributed by atoms with Crippen LogP contribution in [0.25, 0.3) is 11.3 Å². The summed E-state index contributed by atoms with van der Waals surface area (Å²) in [6, 6.07) is 4.82. The highest BCUT2D eigenvalue weighted by atomic mass is 32.2. The molecule has 0 unspecified atom stereocenters. The van der Waals surface area contributed by atoms with E-state index in [2.05, 4.69) is 15.0 Å². The zero-order valence-corrected chi connectivity index (χ0v) is 9.85. The van der Waals surface area contributed by atoms with Crippen LogP contribution in [0.3, 0.4) is 0 Å². The van der Waals surface area contributed by atoms with Crippen molar-refractivity contribution >= 4 is 15.8 Å². The topological polar surface area (TPSA) is 98.8 Å². The fraction of sp³-hybridized carbons (Fsp3) is 0.100. The van der Waals surface area contributed by atoms with Gasteiger partial charge in [-0.3, -0.25) is 4.98 Å². The molecule has 88 valence electrons. The van der Waals surface area contributed by atoms with E-state index < -0.39 is 9.84 Å². The van der Waals surface area contributed by atoms with Gasteiger partial charge in [-0.1, -0.05) is 0 Å². The first-order valence-corrected chi connectivity index (χ1v) is 6.61. The first-order chi connectivity index (χ1) is 7.97. The minimum atomic E-state index is -3.40. The van der Waals surface area contributed by atoms with E-state index in [1.54, 1.807) is 24.5 Å². The highest BCUT2D eigenvalue weighted by Crippen LogP contribution is 2.19. The summed E-state index contributed by atoms with van der Waals surface area (Å²) in [4.78, 5) is 11.6. The number of hydrogen-bond acceptors (Lipinski definition) is 6. The van der Waals surface area contributed by atoms with Crippen molar-refractivity contribution < 1.29 is 8.42 Å². The van der Waals surface area contributed by atoms with Crippen LogP contribution in [0.4, 0.5) is 5.95 Å². The summed E-state index contributed by atoms with van der Waals surface area (Å²) in [5.41, 5.74) is 6.68. The van der Waals surface area contributed by atoms with Crippen molar-refractivity contribution in [3.05, 3.63) is 30.6 Å². The second-order valence-electron chi connectivity index (χ2n) is 3.46. The molecule has 0 saturated carbocycles. The van der Waals surface area contributed by atoms with Crippen LogP contribution < -0.4 is 5.73 Å². The minimum Gasteiger partial charge on any atom is -0.368 e. The van der Waals surface area contributed by atoms with Gasteiger partial charge in [0.2, 0.25) is 5.95 Å². The predicted molar refractivity (Wildman–Crippen MR) is 62.8 cm³/mol. The van der Waals surface area contributed by atoms with Crippen LogP contribution in [-0.2, 0) is 9.84 Å². The molecule has 0 aromatic carbocycles. The fourth-order valence-electron chi connectivity index (χ4n) is 1.30. The van der Waals surface area contributed by atoms with Gasteiger partial charge in [-0.25, -0.2) is 18.4 Å². The molecule has 2 aromatic rings. The molecule has 0 saturated heterocycles. The smallest absolute Gasteiger partial charge is 0.221 e. The maximum atomic E-state index is 11.4. The zero-order valence-electron chi connectivity index (χ0n) is 9.03. The Morgan fingerprint density at radius 3 is 2.41 bits per heavy atom. The SMILES string of the molecule is CS(=O)(=O)c1cc(-c2ccncc2)nc(N)n1. The number of anilines is 1. The van der Waals surface area contributed by atoms with Gasteiger partial charge in [0.15, 0.2) is 14.9 Å². The average Bonchev–Trinajstić information content (AvgIpc) is 2.28. The van der Waals surface area contributed by atoms with Gasteiger partial charge in [-0.15, -0.1) is 0 Å².